The van der Waals surface area contributed by atoms with Gasteiger partial charge in [-0.2, -0.15) is 0 Å². The molecule has 9 rings (SSSR count). The SMILES string of the molecule is CC(=O)NC1[C@H](OCCCCC(=O)CCCCC(=O)Oc2ccc([N+](=O)[O-])cc2)OC(CO)[C@@H](O[C@@H]2OC(CO[C@]3(C(=O)O)C[C@@H](O)[C@@H](NC(C)=O)C(C(O)C(O)CO)O3)[C@H](O)[C@H](O)C2O)[C@@H]1O.CC(=O)NC1[C@H](OCCCN)OC(CO)[C@@H](O[C@@H]2OC(CO[C@]3(C(=O)O)C[C@@H](O)[C@@H](NC(C)=O)C(C(O)C(O)CO)O3)[C@H](O)[C@H](O)C2O)[C@@H]1O.O=C(CCCCC(=O)Oc1ccc([N+](=O)[O-])cc1)Oc1ccc([N+](=O)[O-])cc1. The largest absolute Gasteiger partial charge is 0.477 e. The number of ketones is 1. The van der Waals surface area contributed by atoms with Crippen LogP contribution in [0.4, 0.5) is 17.1 Å². The van der Waals surface area contributed by atoms with Crippen LogP contribution in [-0.2, 0) is 105 Å². The Morgan fingerprint density at radius 2 is 0.699 bits per heavy atom. The first kappa shape index (κ1) is 122. The number of nitrogens with zero attached hydrogens (tertiary/aromatic N) is 3. The van der Waals surface area contributed by atoms with E-state index >= 15 is 0 Å². The zero-order chi connectivity index (χ0) is 108. The zero-order valence-electron chi connectivity index (χ0n) is 79.0. The highest BCUT2D eigenvalue weighted by atomic mass is 16.8. The number of rotatable bonds is 50. The van der Waals surface area contributed by atoms with Gasteiger partial charge in [0, 0.05) is 116 Å². The van der Waals surface area contributed by atoms with Crippen molar-refractivity contribution in [1.29, 1.82) is 0 Å². The number of benzene rings is 3. The topological polar surface area (TPSA) is 917 Å². The van der Waals surface area contributed by atoms with Crippen LogP contribution < -0.4 is 41.2 Å². The van der Waals surface area contributed by atoms with Crippen LogP contribution >= 0.6 is 0 Å². The van der Waals surface area contributed by atoms with Crippen molar-refractivity contribution in [2.45, 2.75) is 313 Å². The molecule has 0 radical (unpaired) electrons. The number of amides is 4. The Bertz CT molecular complexity index is 4640. The number of non-ortho nitro benzene ring substituents is 3. The van der Waals surface area contributed by atoms with Crippen molar-refractivity contribution < 1.29 is 236 Å². The number of esters is 3. The van der Waals surface area contributed by atoms with E-state index in [-0.39, 0.29) is 92.0 Å². The molecule has 3 aromatic rings. The lowest BCUT2D eigenvalue weighted by molar-refractivity contribution is -0.385. The van der Waals surface area contributed by atoms with Gasteiger partial charge in [-0.1, -0.05) is 0 Å². The number of aliphatic hydroxyl groups excluding tert-OH is 18. The van der Waals surface area contributed by atoms with Crippen molar-refractivity contribution in [3.05, 3.63) is 103 Å². The molecule has 0 spiro atoms. The number of carboxylic acid groups (broad SMARTS) is 2. The lowest BCUT2D eigenvalue weighted by atomic mass is 9.88. The minimum atomic E-state index is -2.89. The zero-order valence-corrected chi connectivity index (χ0v) is 79.0. The van der Waals surface area contributed by atoms with Crippen molar-refractivity contribution in [2.24, 2.45) is 5.73 Å². The van der Waals surface area contributed by atoms with Crippen LogP contribution in [0.2, 0.25) is 0 Å². The highest BCUT2D eigenvalue weighted by Gasteiger charge is 2.61. The third kappa shape index (κ3) is 35.1. The number of Topliss-reactive ketones (excluding diaryl/α,β-unsaturated/α-hetero) is 1. The van der Waals surface area contributed by atoms with Crippen molar-refractivity contribution >= 4 is 76.3 Å². The second kappa shape index (κ2) is 58.5. The van der Waals surface area contributed by atoms with Gasteiger partial charge >= 0.3 is 29.8 Å². The van der Waals surface area contributed by atoms with Crippen molar-refractivity contribution in [3.63, 3.8) is 0 Å². The fourth-order valence-electron chi connectivity index (χ4n) is 15.8. The molecule has 0 saturated carbocycles. The number of carbonyl (C=O) groups is 10. The molecule has 6 heterocycles. The molecule has 146 heavy (non-hydrogen) atoms. The highest BCUT2D eigenvalue weighted by molar-refractivity contribution is 5.80. The molecule has 4 amide bonds. The second-order valence-electron chi connectivity index (χ2n) is 34.5. The van der Waals surface area contributed by atoms with Crippen LogP contribution in [0.5, 0.6) is 17.2 Å². The van der Waals surface area contributed by atoms with Crippen LogP contribution in [0, 0.1) is 30.3 Å². The molecule has 59 heteroatoms. The minimum Gasteiger partial charge on any atom is -0.477 e. The molecule has 6 aliphatic heterocycles. The summed E-state index contributed by atoms with van der Waals surface area (Å²) in [7, 11) is 0. The Morgan fingerprint density at radius 3 is 0.986 bits per heavy atom. The van der Waals surface area contributed by atoms with E-state index in [1.165, 1.54) is 72.8 Å². The van der Waals surface area contributed by atoms with Crippen LogP contribution in [0.25, 0.3) is 0 Å². The smallest absolute Gasteiger partial charge is 0.364 e. The third-order valence-corrected chi connectivity index (χ3v) is 23.4. The molecule has 0 aliphatic carbocycles. The maximum atomic E-state index is 12.6. The highest BCUT2D eigenvalue weighted by Crippen LogP contribution is 2.40. The average molecular weight is 2100 g/mol. The van der Waals surface area contributed by atoms with Crippen molar-refractivity contribution in [2.75, 3.05) is 59.4 Å². The fraction of sp³-hybridized carbons (Fsp3) is 0.678. The van der Waals surface area contributed by atoms with Gasteiger partial charge in [-0.3, -0.25) is 68.7 Å². The van der Waals surface area contributed by atoms with E-state index in [0.717, 1.165) is 27.7 Å². The predicted molar refractivity (Wildman–Crippen MR) is 476 cm³/mol. The maximum absolute atomic E-state index is 12.6. The summed E-state index contributed by atoms with van der Waals surface area (Å²) in [5.74, 6) is -13.3. The molecule has 32 atom stereocenters. The monoisotopic (exact) mass is 2100 g/mol. The first-order valence-electron chi connectivity index (χ1n) is 45.9. The standard InChI is InChI=1S/C41H61N3O24.C28H49N3O19.C18H16N2O8/c1-19(47)42-29-24(50)15-41(40(58)59,68-37(29)31(53)25(51)16-45)63-18-27-32(54)34(56)35(57)39(66-27)67-36-26(17-46)65-38(30(33(36)55)43-20(2)48)62-14-6-5-8-22(49)7-3-4-9-28(52)64-23-12-10-21(11-13-23)44(60)61;1-10(34)30-16-12(36)6-28(27(43)44,50-24(16)18(38)13(37)7-32)46-9-15-19(39)21(41)22(42)26(48-15)49-23-14(8-33)47-25(45-5-3-4-29)17(20(23)40)31-11(2)35;21-17(27-15-9-5-13(6-10-15)19(23)24)3-1-2-4-18(22)28-16-11-7-14(8-12-16)20(25)26/h10-13,24-27,29-39,45-46,50-51,53-57H,3-9,14-18H2,1-2H3,(H,42,47)(H,43,48)(H,58,59);12-26,32-33,36-42H,3-9,29H2,1-2H3,(H,30,34)(H,31,35)(H,43,44);5-12H,1-4H2/t24-,25?,26?,27?,29-,30?,31?,32+,33-,34+,35?,36-,37?,38-,39+,41-;12-,13?,14?,15?,16-,17?,18?,19+,20-,21+,22?,23-,24?,25-,26+,28-;/m11./s1. The molecule has 6 saturated heterocycles. The van der Waals surface area contributed by atoms with Crippen molar-refractivity contribution in [3.8, 4) is 17.2 Å². The number of hydrogen-bond acceptors (Lipinski definition) is 50. The molecule has 820 valence electrons. The molecule has 14 unspecified atom stereocenters. The summed E-state index contributed by atoms with van der Waals surface area (Å²) in [6.45, 7) is -0.981. The lowest BCUT2D eigenvalue weighted by Crippen LogP contribution is -2.69. The van der Waals surface area contributed by atoms with E-state index in [0.29, 0.717) is 44.9 Å². The molecular formula is C87H126N8O51. The van der Waals surface area contributed by atoms with Crippen molar-refractivity contribution in [1.82, 2.24) is 21.3 Å². The second-order valence-corrected chi connectivity index (χ2v) is 34.5. The van der Waals surface area contributed by atoms with Gasteiger partial charge < -0.3 is 200 Å². The van der Waals surface area contributed by atoms with Gasteiger partial charge in [0.1, 0.15) is 157 Å². The number of nitro benzene ring substituents is 3. The Labute approximate surface area is 828 Å². The normalized spacial score (nSPS) is 31.0. The quantitative estimate of drug-likeness (QED) is 0.00821. The van der Waals surface area contributed by atoms with Gasteiger partial charge in [-0.15, -0.1) is 0 Å². The van der Waals surface area contributed by atoms with Gasteiger partial charge in [-0.25, -0.2) is 9.59 Å². The minimum absolute atomic E-state index is 0.0205. The molecule has 0 aromatic heterocycles. The molecule has 0 bridgehead atoms. The summed E-state index contributed by atoms with van der Waals surface area (Å²) >= 11 is 0. The van der Waals surface area contributed by atoms with E-state index < -0.39 is 316 Å². The van der Waals surface area contributed by atoms with E-state index in [2.05, 4.69) is 21.3 Å². The summed E-state index contributed by atoms with van der Waals surface area (Å²) in [5, 5.41) is 251. The number of hydrogen-bond donors (Lipinski definition) is 25. The predicted octanol–water partition coefficient (Wildman–Crippen LogP) is -8.37. The molecule has 26 N–H and O–H groups in total. The lowest BCUT2D eigenvalue weighted by Gasteiger charge is -2.48. The number of aliphatic carboxylic acids is 2. The summed E-state index contributed by atoms with van der Waals surface area (Å²) in [6, 6.07) is 9.61. The number of carboxylic acids is 2. The van der Waals surface area contributed by atoms with Crippen LogP contribution in [0.1, 0.15) is 118 Å². The fourth-order valence-corrected chi connectivity index (χ4v) is 15.8. The Balaban J connectivity index is 0.000000323. The number of nitrogens with one attached hydrogen (secondary N) is 4. The van der Waals surface area contributed by atoms with E-state index in [9.17, 15) is 180 Å². The van der Waals surface area contributed by atoms with Crippen LogP contribution in [-0.4, -0.2) is 431 Å². The third-order valence-electron chi connectivity index (χ3n) is 23.4. The Kier molecular flexibility index (Phi) is 49.0. The number of nitrogens with two attached hydrogens (primary N) is 1. The molecule has 6 fully saturated rings. The van der Waals surface area contributed by atoms with Gasteiger partial charge in [-0.05, 0) is 87.9 Å². The van der Waals surface area contributed by atoms with E-state index in [4.69, 9.17) is 76.8 Å². The summed E-state index contributed by atoms with van der Waals surface area (Å²) in [6.07, 6.45) is -45.9. The van der Waals surface area contributed by atoms with Gasteiger partial charge in [0.25, 0.3) is 28.6 Å². The first-order chi connectivity index (χ1) is 69.0. The molecule has 3 aromatic carbocycles. The number of nitro groups is 3. The number of aliphatic hydroxyl groups is 18. The Hall–Kier alpha value is -10.5. The summed E-state index contributed by atoms with van der Waals surface area (Å²) in [4.78, 5) is 151. The average Bonchev–Trinajstić information content (AvgIpc) is 0.759. The van der Waals surface area contributed by atoms with E-state index in [1.54, 1.807) is 0 Å². The van der Waals surface area contributed by atoms with Crippen LogP contribution in [0.15, 0.2) is 72.8 Å². The van der Waals surface area contributed by atoms with Gasteiger partial charge in [0.15, 0.2) is 25.2 Å². The summed E-state index contributed by atoms with van der Waals surface area (Å²) < 4.78 is 83.2. The van der Waals surface area contributed by atoms with E-state index in [1.807, 2.05) is 0 Å². The Morgan fingerprint density at radius 1 is 0.404 bits per heavy atom. The molecule has 59 nitrogen and oxygen atoms in total. The maximum Gasteiger partial charge on any atom is 0.364 e. The molecular weight excluding hydrogens is 1970 g/mol. The first-order valence-corrected chi connectivity index (χ1v) is 45.9. The number of ether oxygens (including phenoxy) is 15. The molecule has 6 aliphatic rings. The number of unbranched alkanes of at least 4 members (excludes halogenated alkanes) is 3. The van der Waals surface area contributed by atoms with Gasteiger partial charge in [0.05, 0.1) is 85.3 Å². The number of carbonyl (C=O) groups excluding carboxylic acids is 8. The van der Waals surface area contributed by atoms with Gasteiger partial charge in [0.2, 0.25) is 23.6 Å². The summed E-state index contributed by atoms with van der Waals surface area (Å²) in [5.41, 5.74) is 5.12. The van der Waals surface area contributed by atoms with Crippen LogP contribution in [0.3, 0.4) is 0 Å².